The van der Waals surface area contributed by atoms with Gasteiger partial charge in [0.2, 0.25) is 11.8 Å². The van der Waals surface area contributed by atoms with E-state index in [2.05, 4.69) is 15.7 Å². The molecule has 0 fully saturated rings. The topological polar surface area (TPSA) is 115 Å². The summed E-state index contributed by atoms with van der Waals surface area (Å²) in [5.74, 6) is -0.370. The molecular formula is C19H25N5O5. The first-order chi connectivity index (χ1) is 13.8. The monoisotopic (exact) mass is 403 g/mol. The summed E-state index contributed by atoms with van der Waals surface area (Å²) in [5.41, 5.74) is 0.766. The van der Waals surface area contributed by atoms with E-state index in [1.54, 1.807) is 57.3 Å². The number of aromatic nitrogens is 2. The van der Waals surface area contributed by atoms with Crippen LogP contribution in [-0.2, 0) is 21.4 Å². The number of anilines is 2. The van der Waals surface area contributed by atoms with E-state index in [1.165, 1.54) is 10.9 Å². The summed E-state index contributed by atoms with van der Waals surface area (Å²) in [6.45, 7) is 1.85. The molecule has 2 aromatic rings. The number of ether oxygens (including phenoxy) is 2. The fourth-order valence-electron chi connectivity index (χ4n) is 2.56. The number of methoxy groups -OCH3 is 1. The molecule has 2 N–H and O–H groups in total. The second kappa shape index (κ2) is 10.2. The van der Waals surface area contributed by atoms with E-state index in [1.807, 2.05) is 0 Å². The zero-order valence-electron chi connectivity index (χ0n) is 16.9. The normalized spacial score (nSPS) is 10.5. The van der Waals surface area contributed by atoms with Crippen molar-refractivity contribution in [2.75, 3.05) is 44.5 Å². The highest BCUT2D eigenvalue weighted by Gasteiger charge is 2.20. The van der Waals surface area contributed by atoms with Crippen molar-refractivity contribution in [1.82, 2.24) is 14.7 Å². The second-order valence-electron chi connectivity index (χ2n) is 6.25. The molecule has 0 unspecified atom stereocenters. The lowest BCUT2D eigenvalue weighted by Crippen LogP contribution is -2.36. The maximum Gasteiger partial charge on any atom is 0.343 e. The molecule has 1 aromatic carbocycles. The third-order valence-corrected chi connectivity index (χ3v) is 3.87. The van der Waals surface area contributed by atoms with Gasteiger partial charge in [-0.2, -0.15) is 5.10 Å². The molecule has 0 atom stereocenters. The molecule has 0 bridgehead atoms. The fourth-order valence-corrected chi connectivity index (χ4v) is 2.56. The number of hydrogen-bond acceptors (Lipinski definition) is 7. The fraction of sp³-hybridized carbons (Fsp3) is 0.368. The average Bonchev–Trinajstić information content (AvgIpc) is 3.02. The number of amides is 2. The first-order valence-electron chi connectivity index (χ1n) is 8.95. The van der Waals surface area contributed by atoms with Crippen molar-refractivity contribution in [2.45, 2.75) is 6.92 Å². The van der Waals surface area contributed by atoms with Gasteiger partial charge in [0, 0.05) is 18.8 Å². The zero-order chi connectivity index (χ0) is 21.4. The summed E-state index contributed by atoms with van der Waals surface area (Å²) in [5, 5.41) is 9.36. The van der Waals surface area contributed by atoms with Gasteiger partial charge in [0.1, 0.15) is 17.1 Å². The Hall–Kier alpha value is -3.40. The van der Waals surface area contributed by atoms with Crippen LogP contribution in [0.25, 0.3) is 0 Å². The quantitative estimate of drug-likeness (QED) is 0.603. The highest BCUT2D eigenvalue weighted by atomic mass is 16.5. The van der Waals surface area contributed by atoms with Gasteiger partial charge in [0.05, 0.1) is 33.0 Å². The minimum Gasteiger partial charge on any atom is -0.497 e. The molecule has 2 amide bonds. The Bertz CT molecular complexity index is 880. The Morgan fingerprint density at radius 1 is 1.17 bits per heavy atom. The van der Waals surface area contributed by atoms with Crippen LogP contribution in [0.15, 0.2) is 30.5 Å². The highest BCUT2D eigenvalue weighted by molar-refractivity contribution is 6.01. The van der Waals surface area contributed by atoms with Crippen molar-refractivity contribution in [3.63, 3.8) is 0 Å². The Balaban J connectivity index is 1.90. The first kappa shape index (κ1) is 21.9. The standard InChI is InChI=1S/C19H25N5O5/c1-5-29-19(27)15-10-20-24(3)18(15)22-17(26)12-23(2)11-16(25)21-13-7-6-8-14(9-13)28-4/h6-10H,5,11-12H2,1-4H3,(H,21,25)(H,22,26). The molecule has 0 saturated heterocycles. The molecule has 0 radical (unpaired) electrons. The summed E-state index contributed by atoms with van der Waals surface area (Å²) in [6.07, 6.45) is 1.33. The van der Waals surface area contributed by atoms with Crippen molar-refractivity contribution in [2.24, 2.45) is 7.05 Å². The third kappa shape index (κ3) is 6.32. The lowest BCUT2D eigenvalue weighted by molar-refractivity contribution is -0.119. The third-order valence-electron chi connectivity index (χ3n) is 3.87. The van der Waals surface area contributed by atoms with Gasteiger partial charge in [-0.3, -0.25) is 19.2 Å². The molecule has 0 spiro atoms. The summed E-state index contributed by atoms with van der Waals surface area (Å²) < 4.78 is 11.4. The van der Waals surface area contributed by atoms with Crippen LogP contribution in [0.5, 0.6) is 5.75 Å². The minimum atomic E-state index is -0.568. The van der Waals surface area contributed by atoms with Crippen molar-refractivity contribution in [3.05, 3.63) is 36.0 Å². The van der Waals surface area contributed by atoms with E-state index in [-0.39, 0.29) is 37.0 Å². The smallest absolute Gasteiger partial charge is 0.343 e. The summed E-state index contributed by atoms with van der Waals surface area (Å²) >= 11 is 0. The minimum absolute atomic E-state index is 0.000744. The summed E-state index contributed by atoms with van der Waals surface area (Å²) in [4.78, 5) is 38.0. The van der Waals surface area contributed by atoms with Crippen LogP contribution in [0, 0.1) is 0 Å². The SMILES string of the molecule is CCOC(=O)c1cnn(C)c1NC(=O)CN(C)CC(=O)Nc1cccc(OC)c1. The van der Waals surface area contributed by atoms with Crippen LogP contribution in [-0.4, -0.2) is 66.3 Å². The van der Waals surface area contributed by atoms with E-state index >= 15 is 0 Å². The van der Waals surface area contributed by atoms with Crippen molar-refractivity contribution in [3.8, 4) is 5.75 Å². The van der Waals surface area contributed by atoms with Crippen molar-refractivity contribution >= 4 is 29.3 Å². The lowest BCUT2D eigenvalue weighted by Gasteiger charge is -2.16. The number of likely N-dealkylation sites (N-methyl/N-ethyl adjacent to an activating group) is 1. The Morgan fingerprint density at radius 2 is 1.86 bits per heavy atom. The molecule has 0 saturated carbocycles. The van der Waals surface area contributed by atoms with Crippen LogP contribution in [0.1, 0.15) is 17.3 Å². The lowest BCUT2D eigenvalue weighted by atomic mass is 10.3. The van der Waals surface area contributed by atoms with Crippen LogP contribution in [0.3, 0.4) is 0 Å². The van der Waals surface area contributed by atoms with E-state index < -0.39 is 11.9 Å². The molecule has 156 valence electrons. The van der Waals surface area contributed by atoms with Crippen molar-refractivity contribution < 1.29 is 23.9 Å². The summed E-state index contributed by atoms with van der Waals surface area (Å²) in [7, 11) is 4.78. The summed E-state index contributed by atoms with van der Waals surface area (Å²) in [6, 6.07) is 6.98. The van der Waals surface area contributed by atoms with Crippen molar-refractivity contribution in [1.29, 1.82) is 0 Å². The van der Waals surface area contributed by atoms with Gasteiger partial charge in [0.15, 0.2) is 0 Å². The second-order valence-corrected chi connectivity index (χ2v) is 6.25. The Morgan fingerprint density at radius 3 is 2.52 bits per heavy atom. The molecule has 1 aromatic heterocycles. The van der Waals surface area contributed by atoms with Gasteiger partial charge in [-0.1, -0.05) is 6.07 Å². The van der Waals surface area contributed by atoms with Crippen LogP contribution in [0.4, 0.5) is 11.5 Å². The number of nitrogens with one attached hydrogen (secondary N) is 2. The van der Waals surface area contributed by atoms with Crippen LogP contribution >= 0.6 is 0 Å². The number of rotatable bonds is 9. The molecule has 10 heteroatoms. The molecule has 0 aliphatic rings. The molecule has 2 rings (SSSR count). The molecule has 29 heavy (non-hydrogen) atoms. The molecule has 0 aliphatic heterocycles. The van der Waals surface area contributed by atoms with Crippen LogP contribution < -0.4 is 15.4 Å². The largest absolute Gasteiger partial charge is 0.497 e. The van der Waals surface area contributed by atoms with E-state index in [4.69, 9.17) is 9.47 Å². The number of carbonyl (C=O) groups is 3. The van der Waals surface area contributed by atoms with Gasteiger partial charge in [-0.15, -0.1) is 0 Å². The number of hydrogen-bond donors (Lipinski definition) is 2. The maximum absolute atomic E-state index is 12.3. The first-order valence-corrected chi connectivity index (χ1v) is 8.95. The average molecular weight is 403 g/mol. The molecule has 1 heterocycles. The van der Waals surface area contributed by atoms with Gasteiger partial charge in [0.25, 0.3) is 0 Å². The van der Waals surface area contributed by atoms with Gasteiger partial charge in [-0.05, 0) is 26.1 Å². The molecule has 0 aliphatic carbocycles. The molecular weight excluding hydrogens is 378 g/mol. The number of aryl methyl sites for hydroxylation is 1. The van der Waals surface area contributed by atoms with E-state index in [0.717, 1.165) is 0 Å². The van der Waals surface area contributed by atoms with Gasteiger partial charge >= 0.3 is 5.97 Å². The number of benzene rings is 1. The zero-order valence-corrected chi connectivity index (χ0v) is 16.9. The molecule has 10 nitrogen and oxygen atoms in total. The predicted octanol–water partition coefficient (Wildman–Crippen LogP) is 1.11. The Labute approximate surface area is 168 Å². The van der Waals surface area contributed by atoms with Crippen LogP contribution in [0.2, 0.25) is 0 Å². The maximum atomic E-state index is 12.3. The van der Waals surface area contributed by atoms with E-state index in [9.17, 15) is 14.4 Å². The number of esters is 1. The predicted molar refractivity (Wildman–Crippen MR) is 107 cm³/mol. The van der Waals surface area contributed by atoms with E-state index in [0.29, 0.717) is 11.4 Å². The number of carbonyl (C=O) groups excluding carboxylic acids is 3. The van der Waals surface area contributed by atoms with Gasteiger partial charge < -0.3 is 20.1 Å². The Kier molecular flexibility index (Phi) is 7.72. The number of nitrogens with zero attached hydrogens (tertiary/aromatic N) is 3. The highest BCUT2D eigenvalue weighted by Crippen LogP contribution is 2.17. The van der Waals surface area contributed by atoms with Gasteiger partial charge in [-0.25, -0.2) is 4.79 Å².